The first-order valence-electron chi connectivity index (χ1n) is 6.38. The Morgan fingerprint density at radius 2 is 1.84 bits per heavy atom. The summed E-state index contributed by atoms with van der Waals surface area (Å²) in [5, 5.41) is 3.34. The van der Waals surface area contributed by atoms with E-state index in [1.54, 1.807) is 0 Å². The smallest absolute Gasteiger partial charge is 0.148 e. The van der Waals surface area contributed by atoms with Gasteiger partial charge in [0.1, 0.15) is 16.1 Å². The van der Waals surface area contributed by atoms with Crippen LogP contribution < -0.4 is 10.2 Å². The lowest BCUT2D eigenvalue weighted by molar-refractivity contribution is 0.584. The molecule has 1 aliphatic rings. The van der Waals surface area contributed by atoms with E-state index >= 15 is 0 Å². The molecule has 98 valence electrons. The van der Waals surface area contributed by atoms with Crippen LogP contribution in [0.4, 0.5) is 5.82 Å². The van der Waals surface area contributed by atoms with E-state index in [0.717, 1.165) is 47.9 Å². The SMILES string of the molecule is Brc1ncc(N2CCNCC2)nc1-c1ccccc1. The van der Waals surface area contributed by atoms with Crippen molar-refractivity contribution in [2.24, 2.45) is 0 Å². The van der Waals surface area contributed by atoms with Crippen molar-refractivity contribution in [2.75, 3.05) is 31.1 Å². The van der Waals surface area contributed by atoms with E-state index in [0.29, 0.717) is 0 Å². The molecule has 2 heterocycles. The van der Waals surface area contributed by atoms with E-state index in [1.165, 1.54) is 0 Å². The standard InChI is InChI=1S/C14H15BrN4/c15-14-13(11-4-2-1-3-5-11)18-12(10-17-14)19-8-6-16-7-9-19/h1-5,10,16H,6-9H2. The number of hydrogen-bond acceptors (Lipinski definition) is 4. The van der Waals surface area contributed by atoms with Gasteiger partial charge in [0.25, 0.3) is 0 Å². The number of anilines is 1. The van der Waals surface area contributed by atoms with Crippen molar-refractivity contribution in [3.63, 3.8) is 0 Å². The highest BCUT2D eigenvalue weighted by molar-refractivity contribution is 9.10. The van der Waals surface area contributed by atoms with Gasteiger partial charge in [0, 0.05) is 31.7 Å². The number of piperazine rings is 1. The Kier molecular flexibility index (Phi) is 3.75. The molecule has 1 fully saturated rings. The van der Waals surface area contributed by atoms with E-state index < -0.39 is 0 Å². The Labute approximate surface area is 121 Å². The average molecular weight is 319 g/mol. The van der Waals surface area contributed by atoms with Crippen LogP contribution in [-0.2, 0) is 0 Å². The van der Waals surface area contributed by atoms with Crippen molar-refractivity contribution in [3.05, 3.63) is 41.1 Å². The van der Waals surface area contributed by atoms with Crippen molar-refractivity contribution in [1.82, 2.24) is 15.3 Å². The van der Waals surface area contributed by atoms with Crippen LogP contribution in [0.15, 0.2) is 41.1 Å². The fourth-order valence-corrected chi connectivity index (χ4v) is 2.61. The summed E-state index contributed by atoms with van der Waals surface area (Å²) in [6, 6.07) is 10.1. The number of nitrogens with zero attached hydrogens (tertiary/aromatic N) is 3. The fraction of sp³-hybridized carbons (Fsp3) is 0.286. The van der Waals surface area contributed by atoms with Crippen LogP contribution in [-0.4, -0.2) is 36.1 Å². The van der Waals surface area contributed by atoms with Crippen LogP contribution >= 0.6 is 15.9 Å². The number of hydrogen-bond donors (Lipinski definition) is 1. The maximum Gasteiger partial charge on any atom is 0.148 e. The Hall–Kier alpha value is -1.46. The minimum absolute atomic E-state index is 0.789. The molecule has 1 aromatic carbocycles. The lowest BCUT2D eigenvalue weighted by Crippen LogP contribution is -2.44. The van der Waals surface area contributed by atoms with Crippen molar-refractivity contribution < 1.29 is 0 Å². The van der Waals surface area contributed by atoms with Gasteiger partial charge < -0.3 is 10.2 Å². The first kappa shape index (κ1) is 12.6. The van der Waals surface area contributed by atoms with E-state index in [4.69, 9.17) is 4.98 Å². The zero-order chi connectivity index (χ0) is 13.1. The molecule has 0 unspecified atom stereocenters. The molecule has 5 heteroatoms. The third-order valence-electron chi connectivity index (χ3n) is 3.20. The molecule has 0 saturated carbocycles. The van der Waals surface area contributed by atoms with Gasteiger partial charge in [-0.05, 0) is 15.9 Å². The van der Waals surface area contributed by atoms with Crippen LogP contribution in [0.3, 0.4) is 0 Å². The fourth-order valence-electron chi connectivity index (χ4n) is 2.19. The van der Waals surface area contributed by atoms with E-state index in [9.17, 15) is 0 Å². The zero-order valence-electron chi connectivity index (χ0n) is 10.5. The molecular weight excluding hydrogens is 304 g/mol. The molecule has 0 bridgehead atoms. The van der Waals surface area contributed by atoms with Gasteiger partial charge in [0.05, 0.1) is 6.20 Å². The minimum atomic E-state index is 0.789. The number of rotatable bonds is 2. The van der Waals surface area contributed by atoms with Gasteiger partial charge in [-0.25, -0.2) is 9.97 Å². The number of aromatic nitrogens is 2. The van der Waals surface area contributed by atoms with Crippen molar-refractivity contribution in [1.29, 1.82) is 0 Å². The second kappa shape index (κ2) is 5.67. The molecular formula is C14H15BrN4. The number of benzene rings is 1. The largest absolute Gasteiger partial charge is 0.353 e. The Balaban J connectivity index is 1.96. The van der Waals surface area contributed by atoms with Gasteiger partial charge in [0.15, 0.2) is 0 Å². The van der Waals surface area contributed by atoms with Gasteiger partial charge in [-0.1, -0.05) is 30.3 Å². The van der Waals surface area contributed by atoms with E-state index in [1.807, 2.05) is 24.4 Å². The molecule has 0 radical (unpaired) electrons. The monoisotopic (exact) mass is 318 g/mol. The van der Waals surface area contributed by atoms with Crippen molar-refractivity contribution in [2.45, 2.75) is 0 Å². The van der Waals surface area contributed by atoms with Gasteiger partial charge in [-0.15, -0.1) is 0 Å². The summed E-state index contributed by atoms with van der Waals surface area (Å²) in [6.07, 6.45) is 1.84. The van der Waals surface area contributed by atoms with Gasteiger partial charge in [-0.3, -0.25) is 0 Å². The summed E-state index contributed by atoms with van der Waals surface area (Å²) in [6.45, 7) is 3.95. The second-order valence-corrected chi connectivity index (χ2v) is 5.22. The van der Waals surface area contributed by atoms with Crippen LogP contribution in [0.5, 0.6) is 0 Å². The van der Waals surface area contributed by atoms with Crippen molar-refractivity contribution >= 4 is 21.7 Å². The maximum absolute atomic E-state index is 4.75. The topological polar surface area (TPSA) is 41.1 Å². The summed E-state index contributed by atoms with van der Waals surface area (Å²) in [5.41, 5.74) is 1.98. The highest BCUT2D eigenvalue weighted by Crippen LogP contribution is 2.26. The molecule has 19 heavy (non-hydrogen) atoms. The average Bonchev–Trinajstić information content (AvgIpc) is 2.49. The zero-order valence-corrected chi connectivity index (χ0v) is 12.1. The highest BCUT2D eigenvalue weighted by atomic mass is 79.9. The van der Waals surface area contributed by atoms with Gasteiger partial charge in [-0.2, -0.15) is 0 Å². The number of halogens is 1. The quantitative estimate of drug-likeness (QED) is 0.922. The molecule has 0 atom stereocenters. The second-order valence-electron chi connectivity index (χ2n) is 4.47. The van der Waals surface area contributed by atoms with Gasteiger partial charge in [0.2, 0.25) is 0 Å². The summed E-state index contributed by atoms with van der Waals surface area (Å²) >= 11 is 3.49. The summed E-state index contributed by atoms with van der Waals surface area (Å²) in [7, 11) is 0. The molecule has 0 amide bonds. The van der Waals surface area contributed by atoms with Gasteiger partial charge >= 0.3 is 0 Å². The first-order valence-corrected chi connectivity index (χ1v) is 7.17. The predicted molar refractivity (Wildman–Crippen MR) is 80.3 cm³/mol. The Bertz CT molecular complexity index is 553. The van der Waals surface area contributed by atoms with Crippen molar-refractivity contribution in [3.8, 4) is 11.3 Å². The minimum Gasteiger partial charge on any atom is -0.353 e. The lowest BCUT2D eigenvalue weighted by Gasteiger charge is -2.28. The Morgan fingerprint density at radius 3 is 2.58 bits per heavy atom. The summed E-state index contributed by atoms with van der Waals surface area (Å²) < 4.78 is 0.789. The molecule has 1 saturated heterocycles. The number of nitrogens with one attached hydrogen (secondary N) is 1. The first-order chi connectivity index (χ1) is 9.34. The molecule has 0 spiro atoms. The third kappa shape index (κ3) is 2.77. The normalized spacial score (nSPS) is 15.5. The van der Waals surface area contributed by atoms with Crippen LogP contribution in [0, 0.1) is 0 Å². The van der Waals surface area contributed by atoms with E-state index in [2.05, 4.69) is 43.3 Å². The molecule has 1 N–H and O–H groups in total. The molecule has 1 aromatic heterocycles. The third-order valence-corrected chi connectivity index (χ3v) is 3.78. The van der Waals surface area contributed by atoms with Crippen LogP contribution in [0.25, 0.3) is 11.3 Å². The summed E-state index contributed by atoms with van der Waals surface area (Å²) in [5.74, 6) is 0.948. The molecule has 3 rings (SSSR count). The van der Waals surface area contributed by atoms with Crippen LogP contribution in [0.2, 0.25) is 0 Å². The van der Waals surface area contributed by atoms with Crippen LogP contribution in [0.1, 0.15) is 0 Å². The lowest BCUT2D eigenvalue weighted by atomic mass is 10.2. The molecule has 0 aliphatic carbocycles. The van der Waals surface area contributed by atoms with E-state index in [-0.39, 0.29) is 0 Å². The maximum atomic E-state index is 4.75. The predicted octanol–water partition coefficient (Wildman–Crippen LogP) is 2.32. The molecule has 2 aromatic rings. The molecule has 1 aliphatic heterocycles. The Morgan fingerprint density at radius 1 is 1.11 bits per heavy atom. The summed E-state index contributed by atoms with van der Waals surface area (Å²) in [4.78, 5) is 11.4. The molecule has 4 nitrogen and oxygen atoms in total. The highest BCUT2D eigenvalue weighted by Gasteiger charge is 2.14.